The predicted octanol–water partition coefficient (Wildman–Crippen LogP) is 2.51. The van der Waals surface area contributed by atoms with Crippen molar-refractivity contribution in [2.45, 2.75) is 12.5 Å². The van der Waals surface area contributed by atoms with Gasteiger partial charge >= 0.3 is 5.97 Å². The number of carboxylic acid groups (broad SMARTS) is 1. The first-order valence-corrected chi connectivity index (χ1v) is 13.4. The summed E-state index contributed by atoms with van der Waals surface area (Å²) in [4.78, 5) is 40.0. The minimum atomic E-state index is -1.45. The number of carbonyl (C=O) groups is 1. The smallest absolute Gasteiger partial charge is 0.341 e. The number of hydrogen-bond acceptors (Lipinski definition) is 9. The van der Waals surface area contributed by atoms with E-state index in [2.05, 4.69) is 25.2 Å². The molecule has 6 rings (SSSR count). The van der Waals surface area contributed by atoms with E-state index in [1.807, 2.05) is 0 Å². The SMILES string of the molecule is CNc1cc(F)cc2c1[nH]c1ncc(-c3cnc4c(c3)c(=O)c(C(=O)O)cn4C(C)(CO)CO)c(N3CCOCC3)c12. The number of aromatic carboxylic acids is 1. The van der Waals surface area contributed by atoms with Crippen LogP contribution < -0.4 is 15.6 Å². The first-order valence-electron chi connectivity index (χ1n) is 13.4. The van der Waals surface area contributed by atoms with Gasteiger partial charge in [-0.1, -0.05) is 0 Å². The fourth-order valence-corrected chi connectivity index (χ4v) is 5.56. The van der Waals surface area contributed by atoms with E-state index in [-0.39, 0.29) is 11.0 Å². The van der Waals surface area contributed by atoms with E-state index in [4.69, 9.17) is 4.74 Å². The summed E-state index contributed by atoms with van der Waals surface area (Å²) in [6, 6.07) is 4.40. The molecule has 0 atom stereocenters. The molecule has 1 aliphatic rings. The lowest BCUT2D eigenvalue weighted by Gasteiger charge is -2.31. The number of aliphatic hydroxyl groups excluding tert-OH is 2. The van der Waals surface area contributed by atoms with E-state index in [9.17, 15) is 29.3 Å². The maximum absolute atomic E-state index is 14.8. The zero-order chi connectivity index (χ0) is 29.8. The molecule has 0 unspecified atom stereocenters. The molecule has 4 aromatic heterocycles. The van der Waals surface area contributed by atoms with Gasteiger partial charge in [0.05, 0.1) is 59.6 Å². The highest BCUT2D eigenvalue weighted by Crippen LogP contribution is 2.42. The standard InChI is InChI=1S/C29H29FN6O6/c1-29(13-37,14-38)36-12-20(28(40)41)25(39)18-7-15(10-33-27(18)36)19-11-32-26-22(24(19)35-3-5-42-6-4-35)17-8-16(30)9-21(31-2)23(17)34-26/h7-12,31,37-38H,3-6,13-14H2,1-2H3,(H,32,34)(H,40,41). The van der Waals surface area contributed by atoms with Crippen LogP contribution in [0, 0.1) is 5.82 Å². The second-order valence-electron chi connectivity index (χ2n) is 10.5. The minimum absolute atomic E-state index is 0.00371. The van der Waals surface area contributed by atoms with Gasteiger partial charge in [0.25, 0.3) is 0 Å². The fraction of sp³-hybridized carbons (Fsp3) is 0.310. The van der Waals surface area contributed by atoms with Gasteiger partial charge in [0.1, 0.15) is 22.7 Å². The van der Waals surface area contributed by atoms with Crippen molar-refractivity contribution in [1.29, 1.82) is 0 Å². The molecule has 0 spiro atoms. The molecule has 1 saturated heterocycles. The van der Waals surface area contributed by atoms with Crippen LogP contribution >= 0.6 is 0 Å². The Balaban J connectivity index is 1.69. The van der Waals surface area contributed by atoms with Gasteiger partial charge in [-0.3, -0.25) is 4.79 Å². The summed E-state index contributed by atoms with van der Waals surface area (Å²) in [6.45, 7) is 2.53. The van der Waals surface area contributed by atoms with Crippen LogP contribution in [0.5, 0.6) is 0 Å². The second kappa shape index (κ2) is 10.4. The molecule has 0 radical (unpaired) electrons. The highest BCUT2D eigenvalue weighted by atomic mass is 19.1. The number of aliphatic hydroxyl groups is 2. The van der Waals surface area contributed by atoms with Crippen LogP contribution in [0.1, 0.15) is 17.3 Å². The molecule has 0 aliphatic carbocycles. The Bertz CT molecular complexity index is 1930. The molecular formula is C29H29FN6O6. The van der Waals surface area contributed by atoms with E-state index >= 15 is 0 Å². The van der Waals surface area contributed by atoms with E-state index in [1.165, 1.54) is 29.8 Å². The number of hydrogen-bond donors (Lipinski definition) is 5. The summed E-state index contributed by atoms with van der Waals surface area (Å²) in [6.07, 6.45) is 4.28. The Morgan fingerprint density at radius 2 is 1.88 bits per heavy atom. The third-order valence-corrected chi connectivity index (χ3v) is 7.91. The Hall–Kier alpha value is -4.59. The quantitative estimate of drug-likeness (QED) is 0.194. The molecule has 5 aromatic rings. The average molecular weight is 577 g/mol. The number of ether oxygens (including phenoxy) is 1. The molecule has 5 heterocycles. The van der Waals surface area contributed by atoms with Crippen molar-refractivity contribution in [3.63, 3.8) is 0 Å². The molecular weight excluding hydrogens is 547 g/mol. The number of fused-ring (bicyclic) bond motifs is 4. The zero-order valence-corrected chi connectivity index (χ0v) is 22.9. The molecule has 42 heavy (non-hydrogen) atoms. The summed E-state index contributed by atoms with van der Waals surface area (Å²) in [7, 11) is 1.71. The van der Waals surface area contributed by atoms with Crippen LogP contribution in [-0.2, 0) is 10.3 Å². The highest BCUT2D eigenvalue weighted by Gasteiger charge is 2.30. The van der Waals surface area contributed by atoms with E-state index < -0.39 is 41.5 Å². The number of aromatic amines is 1. The summed E-state index contributed by atoms with van der Waals surface area (Å²) in [5.74, 6) is -1.87. The molecule has 12 nitrogen and oxygen atoms in total. The monoisotopic (exact) mass is 576 g/mol. The molecule has 1 aromatic carbocycles. The number of halogens is 1. The van der Waals surface area contributed by atoms with Crippen molar-refractivity contribution in [2.75, 3.05) is 56.8 Å². The van der Waals surface area contributed by atoms with Crippen LogP contribution in [0.25, 0.3) is 44.1 Å². The van der Waals surface area contributed by atoms with Gasteiger partial charge in [0.15, 0.2) is 0 Å². The van der Waals surface area contributed by atoms with Crippen molar-refractivity contribution >= 4 is 50.3 Å². The molecule has 13 heteroatoms. The number of aromatic nitrogens is 4. The third kappa shape index (κ3) is 4.24. The minimum Gasteiger partial charge on any atom is -0.477 e. The number of pyridine rings is 3. The van der Waals surface area contributed by atoms with Crippen LogP contribution in [0.2, 0.25) is 0 Å². The number of H-pyrrole nitrogens is 1. The number of benzene rings is 1. The Labute approximate surface area is 238 Å². The lowest BCUT2D eigenvalue weighted by Crippen LogP contribution is -2.40. The van der Waals surface area contributed by atoms with Crippen molar-refractivity contribution in [3.05, 3.63) is 58.4 Å². The van der Waals surface area contributed by atoms with Crippen molar-refractivity contribution < 1.29 is 29.2 Å². The molecule has 1 fully saturated rings. The summed E-state index contributed by atoms with van der Waals surface area (Å²) >= 11 is 0. The lowest BCUT2D eigenvalue weighted by atomic mass is 9.99. The molecule has 5 N–H and O–H groups in total. The molecule has 218 valence electrons. The number of rotatable bonds is 7. The largest absolute Gasteiger partial charge is 0.477 e. The average Bonchev–Trinajstić information content (AvgIpc) is 3.38. The molecule has 0 saturated carbocycles. The van der Waals surface area contributed by atoms with Gasteiger partial charge in [0, 0.05) is 55.2 Å². The number of anilines is 2. The van der Waals surface area contributed by atoms with Crippen molar-refractivity contribution in [3.8, 4) is 11.1 Å². The first kappa shape index (κ1) is 27.6. The molecule has 0 bridgehead atoms. The number of nitrogens with one attached hydrogen (secondary N) is 2. The van der Waals surface area contributed by atoms with Gasteiger partial charge in [-0.25, -0.2) is 19.2 Å². The van der Waals surface area contributed by atoms with Crippen molar-refractivity contribution in [2.24, 2.45) is 0 Å². The summed E-state index contributed by atoms with van der Waals surface area (Å²) < 4.78 is 21.7. The lowest BCUT2D eigenvalue weighted by molar-refractivity contribution is 0.0681. The maximum atomic E-state index is 14.8. The normalized spacial score (nSPS) is 14.3. The van der Waals surface area contributed by atoms with Gasteiger partial charge in [0.2, 0.25) is 5.43 Å². The second-order valence-corrected chi connectivity index (χ2v) is 10.5. The van der Waals surface area contributed by atoms with Gasteiger partial charge in [-0.05, 0) is 25.1 Å². The summed E-state index contributed by atoms with van der Waals surface area (Å²) in [5.41, 5.74) is 1.13. The summed E-state index contributed by atoms with van der Waals surface area (Å²) in [5, 5.41) is 34.2. The van der Waals surface area contributed by atoms with Crippen molar-refractivity contribution in [1.82, 2.24) is 19.5 Å². The van der Waals surface area contributed by atoms with Crippen LogP contribution in [0.3, 0.4) is 0 Å². The van der Waals surface area contributed by atoms with Gasteiger partial charge in [-0.15, -0.1) is 0 Å². The number of nitrogens with zero attached hydrogens (tertiary/aromatic N) is 4. The third-order valence-electron chi connectivity index (χ3n) is 7.91. The highest BCUT2D eigenvalue weighted by molar-refractivity contribution is 6.17. The number of carboxylic acids is 1. The Kier molecular flexibility index (Phi) is 6.80. The van der Waals surface area contributed by atoms with Crippen LogP contribution in [0.4, 0.5) is 15.8 Å². The van der Waals surface area contributed by atoms with Gasteiger partial charge in [-0.2, -0.15) is 0 Å². The Morgan fingerprint density at radius 3 is 2.55 bits per heavy atom. The van der Waals surface area contributed by atoms with Crippen LogP contribution in [0.15, 0.2) is 41.6 Å². The number of morpholine rings is 1. The van der Waals surface area contributed by atoms with E-state index in [0.717, 1.165) is 11.9 Å². The first-order chi connectivity index (χ1) is 20.2. The maximum Gasteiger partial charge on any atom is 0.341 e. The van der Waals surface area contributed by atoms with Crippen LogP contribution in [-0.4, -0.2) is 87.4 Å². The molecule has 0 amide bonds. The van der Waals surface area contributed by atoms with Gasteiger partial charge < -0.3 is 39.8 Å². The molecule has 1 aliphatic heterocycles. The topological polar surface area (TPSA) is 166 Å². The van der Waals surface area contributed by atoms with E-state index in [1.54, 1.807) is 19.3 Å². The fourth-order valence-electron chi connectivity index (χ4n) is 5.56. The Morgan fingerprint density at radius 1 is 1.14 bits per heavy atom. The van der Waals surface area contributed by atoms with E-state index in [0.29, 0.717) is 65.1 Å². The predicted molar refractivity (Wildman–Crippen MR) is 156 cm³/mol. The zero-order valence-electron chi connectivity index (χ0n) is 22.9.